The van der Waals surface area contributed by atoms with E-state index in [1.54, 1.807) is 31.4 Å². The van der Waals surface area contributed by atoms with Gasteiger partial charge in [0.15, 0.2) is 16.8 Å². The summed E-state index contributed by atoms with van der Waals surface area (Å²) in [6, 6.07) is 15.5. The lowest BCUT2D eigenvalue weighted by atomic mass is 10.1. The van der Waals surface area contributed by atoms with Crippen LogP contribution in [-0.4, -0.2) is 32.9 Å². The number of ether oxygens (including phenoxy) is 1. The highest BCUT2D eigenvalue weighted by molar-refractivity contribution is 8.00. The molecule has 2 aromatic carbocycles. The van der Waals surface area contributed by atoms with Crippen LogP contribution >= 0.6 is 11.8 Å². The van der Waals surface area contributed by atoms with Gasteiger partial charge >= 0.3 is 0 Å². The molecule has 0 saturated carbocycles. The fraction of sp³-hybridized carbons (Fsp3) is 0.318. The van der Waals surface area contributed by atoms with Crippen molar-refractivity contribution in [1.82, 2.24) is 14.8 Å². The van der Waals surface area contributed by atoms with Gasteiger partial charge in [-0.15, -0.1) is 10.2 Å². The normalized spacial score (nSPS) is 12.0. The Kier molecular flexibility index (Phi) is 6.52. The standard InChI is InChI=1S/C22H25N3O2S/c1-5-13-25-21(18-8-6-7-15(2)14-18)23-24-22(25)28-16(3)20(26)17-9-11-19(27-4)12-10-17/h6-12,14,16H,5,13H2,1-4H3/t16-/m1/s1. The highest BCUT2D eigenvalue weighted by Crippen LogP contribution is 2.29. The summed E-state index contributed by atoms with van der Waals surface area (Å²) in [5.74, 6) is 1.65. The molecular weight excluding hydrogens is 370 g/mol. The van der Waals surface area contributed by atoms with E-state index in [0.29, 0.717) is 5.56 Å². The molecule has 3 aromatic rings. The van der Waals surface area contributed by atoms with Crippen molar-refractivity contribution in [3.05, 3.63) is 59.7 Å². The summed E-state index contributed by atoms with van der Waals surface area (Å²) in [6.07, 6.45) is 0.964. The zero-order chi connectivity index (χ0) is 20.1. The minimum Gasteiger partial charge on any atom is -0.497 e. The third-order valence-electron chi connectivity index (χ3n) is 4.47. The van der Waals surface area contributed by atoms with Gasteiger partial charge in [0.25, 0.3) is 0 Å². The van der Waals surface area contributed by atoms with Gasteiger partial charge in [-0.05, 0) is 50.6 Å². The maximum atomic E-state index is 12.8. The van der Waals surface area contributed by atoms with Gasteiger partial charge in [0, 0.05) is 17.7 Å². The molecule has 5 nitrogen and oxygen atoms in total. The highest BCUT2D eigenvalue weighted by atomic mass is 32.2. The van der Waals surface area contributed by atoms with Crippen LogP contribution in [0.2, 0.25) is 0 Å². The summed E-state index contributed by atoms with van der Waals surface area (Å²) >= 11 is 1.45. The number of hydrogen-bond donors (Lipinski definition) is 0. The van der Waals surface area contributed by atoms with Gasteiger partial charge < -0.3 is 9.30 Å². The second-order valence-electron chi connectivity index (χ2n) is 6.68. The van der Waals surface area contributed by atoms with Crippen molar-refractivity contribution in [2.45, 2.75) is 44.1 Å². The van der Waals surface area contributed by atoms with E-state index in [2.05, 4.69) is 40.7 Å². The van der Waals surface area contributed by atoms with Crippen LogP contribution < -0.4 is 4.74 Å². The lowest BCUT2D eigenvalue weighted by molar-refractivity contribution is 0.0994. The lowest BCUT2D eigenvalue weighted by Crippen LogP contribution is -2.15. The first-order valence-electron chi connectivity index (χ1n) is 9.38. The Hall–Kier alpha value is -2.60. The molecule has 0 amide bonds. The molecule has 0 bridgehead atoms. The van der Waals surface area contributed by atoms with E-state index in [0.717, 1.165) is 35.3 Å². The molecule has 1 aromatic heterocycles. The second kappa shape index (κ2) is 9.06. The molecule has 0 aliphatic rings. The molecule has 0 aliphatic carbocycles. The molecule has 0 aliphatic heterocycles. The van der Waals surface area contributed by atoms with Crippen LogP contribution in [0.25, 0.3) is 11.4 Å². The summed E-state index contributed by atoms with van der Waals surface area (Å²) < 4.78 is 7.27. The molecule has 0 saturated heterocycles. The number of methoxy groups -OCH3 is 1. The number of nitrogens with zero attached hydrogens (tertiary/aromatic N) is 3. The SMILES string of the molecule is CCCn1c(S[C@H](C)C(=O)c2ccc(OC)cc2)nnc1-c1cccc(C)c1. The first-order chi connectivity index (χ1) is 13.5. The maximum absolute atomic E-state index is 12.8. The first-order valence-corrected chi connectivity index (χ1v) is 10.3. The molecule has 3 rings (SSSR count). The Morgan fingerprint density at radius 1 is 1.18 bits per heavy atom. The van der Waals surface area contributed by atoms with Crippen molar-refractivity contribution < 1.29 is 9.53 Å². The smallest absolute Gasteiger partial charge is 0.192 e. The van der Waals surface area contributed by atoms with Gasteiger partial charge in [-0.3, -0.25) is 4.79 Å². The van der Waals surface area contributed by atoms with E-state index in [4.69, 9.17) is 4.74 Å². The maximum Gasteiger partial charge on any atom is 0.192 e. The Morgan fingerprint density at radius 2 is 1.93 bits per heavy atom. The van der Waals surface area contributed by atoms with Crippen molar-refractivity contribution in [1.29, 1.82) is 0 Å². The number of Topliss-reactive ketones (excluding diaryl/α,β-unsaturated/α-hetero) is 1. The average molecular weight is 396 g/mol. The monoisotopic (exact) mass is 395 g/mol. The summed E-state index contributed by atoms with van der Waals surface area (Å²) in [7, 11) is 1.61. The number of carbonyl (C=O) groups is 1. The number of aromatic nitrogens is 3. The van der Waals surface area contributed by atoms with E-state index in [9.17, 15) is 4.79 Å². The van der Waals surface area contributed by atoms with Crippen LogP contribution in [0, 0.1) is 6.92 Å². The van der Waals surface area contributed by atoms with Gasteiger partial charge in [0.1, 0.15) is 5.75 Å². The lowest BCUT2D eigenvalue weighted by Gasteiger charge is -2.13. The fourth-order valence-electron chi connectivity index (χ4n) is 3.00. The number of rotatable bonds is 8. The van der Waals surface area contributed by atoms with E-state index >= 15 is 0 Å². The van der Waals surface area contributed by atoms with Gasteiger partial charge in [-0.1, -0.05) is 42.4 Å². The molecule has 6 heteroatoms. The van der Waals surface area contributed by atoms with E-state index in [-0.39, 0.29) is 11.0 Å². The average Bonchev–Trinajstić information content (AvgIpc) is 3.10. The molecule has 0 fully saturated rings. The number of aryl methyl sites for hydroxylation is 1. The molecule has 0 spiro atoms. The van der Waals surface area contributed by atoms with Crippen molar-refractivity contribution >= 4 is 17.5 Å². The van der Waals surface area contributed by atoms with E-state index in [1.165, 1.54) is 17.3 Å². The highest BCUT2D eigenvalue weighted by Gasteiger charge is 2.21. The van der Waals surface area contributed by atoms with Crippen molar-refractivity contribution in [3.8, 4) is 17.1 Å². The van der Waals surface area contributed by atoms with Crippen molar-refractivity contribution in [3.63, 3.8) is 0 Å². The summed E-state index contributed by atoms with van der Waals surface area (Å²) in [6.45, 7) is 6.91. The van der Waals surface area contributed by atoms with Gasteiger partial charge in [-0.2, -0.15) is 0 Å². The molecule has 1 atom stereocenters. The van der Waals surface area contributed by atoms with Crippen LogP contribution in [0.3, 0.4) is 0 Å². The molecule has 0 unspecified atom stereocenters. The van der Waals surface area contributed by atoms with Crippen LogP contribution in [0.5, 0.6) is 5.75 Å². The predicted molar refractivity (Wildman–Crippen MR) is 113 cm³/mol. The Morgan fingerprint density at radius 3 is 2.57 bits per heavy atom. The number of carbonyl (C=O) groups excluding carboxylic acids is 1. The molecule has 0 N–H and O–H groups in total. The minimum absolute atomic E-state index is 0.0656. The third-order valence-corrected chi connectivity index (χ3v) is 5.55. The predicted octanol–water partition coefficient (Wildman–Crippen LogP) is 5.04. The van der Waals surface area contributed by atoms with E-state index in [1.807, 2.05) is 19.1 Å². The molecule has 1 heterocycles. The molecule has 28 heavy (non-hydrogen) atoms. The van der Waals surface area contributed by atoms with Crippen LogP contribution in [-0.2, 0) is 6.54 Å². The number of hydrogen-bond acceptors (Lipinski definition) is 5. The zero-order valence-corrected chi connectivity index (χ0v) is 17.5. The fourth-order valence-corrected chi connectivity index (χ4v) is 3.95. The number of ketones is 1. The van der Waals surface area contributed by atoms with Crippen LogP contribution in [0.4, 0.5) is 0 Å². The van der Waals surface area contributed by atoms with E-state index < -0.39 is 0 Å². The Labute approximate surface area is 170 Å². The molecular formula is C22H25N3O2S. The van der Waals surface area contributed by atoms with Crippen LogP contribution in [0.15, 0.2) is 53.7 Å². The zero-order valence-electron chi connectivity index (χ0n) is 16.7. The van der Waals surface area contributed by atoms with Crippen LogP contribution in [0.1, 0.15) is 36.2 Å². The number of thioether (sulfide) groups is 1. The topological polar surface area (TPSA) is 57.0 Å². The van der Waals surface area contributed by atoms with Crippen molar-refractivity contribution in [2.24, 2.45) is 0 Å². The Balaban J connectivity index is 1.83. The quantitative estimate of drug-likeness (QED) is 0.395. The van der Waals surface area contributed by atoms with Gasteiger partial charge in [0.05, 0.1) is 12.4 Å². The summed E-state index contributed by atoms with van der Waals surface area (Å²) in [5, 5.41) is 9.31. The summed E-state index contributed by atoms with van der Waals surface area (Å²) in [5.41, 5.74) is 2.89. The van der Waals surface area contributed by atoms with Gasteiger partial charge in [-0.25, -0.2) is 0 Å². The number of benzene rings is 2. The minimum atomic E-state index is -0.265. The second-order valence-corrected chi connectivity index (χ2v) is 7.99. The largest absolute Gasteiger partial charge is 0.497 e. The molecule has 0 radical (unpaired) electrons. The Bertz CT molecular complexity index is 951. The van der Waals surface area contributed by atoms with Gasteiger partial charge in [0.2, 0.25) is 0 Å². The summed E-state index contributed by atoms with van der Waals surface area (Å²) in [4.78, 5) is 12.8. The molecule has 146 valence electrons. The third kappa shape index (κ3) is 4.44. The van der Waals surface area contributed by atoms with Crippen molar-refractivity contribution in [2.75, 3.05) is 7.11 Å². The first kappa shape index (κ1) is 20.1.